The van der Waals surface area contributed by atoms with E-state index in [1.165, 1.54) is 11.3 Å². The first kappa shape index (κ1) is 13.6. The molecule has 0 fully saturated rings. The molecule has 0 aliphatic carbocycles. The van der Waals surface area contributed by atoms with Crippen LogP contribution in [0.1, 0.15) is 15.9 Å². The highest BCUT2D eigenvalue weighted by Crippen LogP contribution is 2.34. The number of nitrogens with two attached hydrogens (primary N) is 1. The Labute approximate surface area is 133 Å². The smallest absolute Gasteiger partial charge is 0.196 e. The fourth-order valence-corrected chi connectivity index (χ4v) is 3.84. The van der Waals surface area contributed by atoms with E-state index in [1.54, 1.807) is 18.2 Å². The van der Waals surface area contributed by atoms with Crippen LogP contribution in [0.3, 0.4) is 0 Å². The van der Waals surface area contributed by atoms with Gasteiger partial charge in [-0.15, -0.1) is 11.3 Å². The van der Waals surface area contributed by atoms with E-state index in [1.807, 2.05) is 23.6 Å². The predicted octanol–water partition coefficient (Wildman–Crippen LogP) is 5.13. The van der Waals surface area contributed by atoms with Crippen LogP contribution in [0.4, 0.5) is 5.69 Å². The lowest BCUT2D eigenvalue weighted by Crippen LogP contribution is -2.04. The number of carbonyl (C=O) groups excluding carboxylic acids is 1. The van der Waals surface area contributed by atoms with Crippen molar-refractivity contribution in [2.75, 3.05) is 5.73 Å². The molecular weight excluding hydrogens is 358 g/mol. The van der Waals surface area contributed by atoms with E-state index >= 15 is 0 Å². The van der Waals surface area contributed by atoms with Crippen LogP contribution in [0.15, 0.2) is 46.3 Å². The summed E-state index contributed by atoms with van der Waals surface area (Å²) in [4.78, 5) is 12.7. The molecule has 0 radical (unpaired) electrons. The highest BCUT2D eigenvalue weighted by Gasteiger charge is 2.17. The third-order valence-corrected chi connectivity index (χ3v) is 5.24. The van der Waals surface area contributed by atoms with E-state index < -0.39 is 0 Å². The Hall–Kier alpha value is -1.36. The quantitative estimate of drug-likeness (QED) is 0.504. The second-order valence-electron chi connectivity index (χ2n) is 4.33. The summed E-state index contributed by atoms with van der Waals surface area (Å²) in [6.45, 7) is 0. The number of fused-ring (bicyclic) bond motifs is 1. The molecule has 0 atom stereocenters. The zero-order valence-corrected chi connectivity index (χ0v) is 13.3. The second-order valence-corrected chi connectivity index (χ2v) is 6.50. The topological polar surface area (TPSA) is 43.1 Å². The van der Waals surface area contributed by atoms with Crippen molar-refractivity contribution in [1.82, 2.24) is 0 Å². The fraction of sp³-hybridized carbons (Fsp3) is 0. The zero-order chi connectivity index (χ0) is 14.3. The number of nitrogen functional groups attached to an aromatic ring is 1. The van der Waals surface area contributed by atoms with Crippen LogP contribution in [-0.2, 0) is 0 Å². The lowest BCUT2D eigenvalue weighted by molar-refractivity contribution is 0.104. The molecule has 1 heterocycles. The van der Waals surface area contributed by atoms with Gasteiger partial charge in [-0.3, -0.25) is 4.79 Å². The van der Waals surface area contributed by atoms with Crippen LogP contribution in [0, 0.1) is 0 Å². The molecule has 0 amide bonds. The van der Waals surface area contributed by atoms with Crippen molar-refractivity contribution in [3.8, 4) is 0 Å². The monoisotopic (exact) mass is 365 g/mol. The summed E-state index contributed by atoms with van der Waals surface area (Å²) in [5.74, 6) is -0.102. The minimum atomic E-state index is -0.102. The number of halogens is 2. The summed E-state index contributed by atoms with van der Waals surface area (Å²) in [5, 5.41) is 3.29. The largest absolute Gasteiger partial charge is 0.398 e. The van der Waals surface area contributed by atoms with Crippen molar-refractivity contribution < 1.29 is 4.79 Å². The highest BCUT2D eigenvalue weighted by atomic mass is 79.9. The van der Waals surface area contributed by atoms with Crippen molar-refractivity contribution in [3.05, 3.63) is 62.4 Å². The second kappa shape index (κ2) is 5.20. The van der Waals surface area contributed by atoms with Crippen LogP contribution < -0.4 is 5.73 Å². The van der Waals surface area contributed by atoms with Gasteiger partial charge < -0.3 is 5.73 Å². The summed E-state index contributed by atoms with van der Waals surface area (Å²) in [6.07, 6.45) is 0. The first-order chi connectivity index (χ1) is 9.58. The number of hydrogen-bond acceptors (Lipinski definition) is 3. The van der Waals surface area contributed by atoms with Gasteiger partial charge in [-0.2, -0.15) is 0 Å². The molecular formula is C15H9BrClNOS. The third-order valence-electron chi connectivity index (χ3n) is 3.06. The van der Waals surface area contributed by atoms with E-state index in [-0.39, 0.29) is 5.78 Å². The maximum absolute atomic E-state index is 12.7. The lowest BCUT2D eigenvalue weighted by Gasteiger charge is -2.05. The minimum absolute atomic E-state index is 0.102. The maximum Gasteiger partial charge on any atom is 0.196 e. The third kappa shape index (κ3) is 2.24. The number of ketones is 1. The van der Waals surface area contributed by atoms with Gasteiger partial charge >= 0.3 is 0 Å². The molecule has 2 N–H and O–H groups in total. The van der Waals surface area contributed by atoms with E-state index in [0.29, 0.717) is 21.8 Å². The van der Waals surface area contributed by atoms with Gasteiger partial charge in [0, 0.05) is 41.8 Å². The van der Waals surface area contributed by atoms with Crippen LogP contribution in [-0.4, -0.2) is 5.78 Å². The van der Waals surface area contributed by atoms with Crippen LogP contribution in [0.5, 0.6) is 0 Å². The molecule has 0 spiro atoms. The summed E-state index contributed by atoms with van der Waals surface area (Å²) in [6, 6.07) is 10.7. The SMILES string of the molecule is Nc1ccc(Cl)cc1C(=O)c1csc2c(Br)cccc12. The van der Waals surface area contributed by atoms with Gasteiger partial charge in [-0.25, -0.2) is 0 Å². The predicted molar refractivity (Wildman–Crippen MR) is 88.8 cm³/mol. The van der Waals surface area contributed by atoms with Crippen molar-refractivity contribution in [3.63, 3.8) is 0 Å². The minimum Gasteiger partial charge on any atom is -0.398 e. The standard InChI is InChI=1S/C15H9BrClNOS/c16-12-3-1-2-9-11(7-20-15(9)12)14(19)10-6-8(17)4-5-13(10)18/h1-7H,18H2. The number of rotatable bonds is 2. The molecule has 100 valence electrons. The molecule has 2 aromatic carbocycles. The van der Waals surface area contributed by atoms with Crippen molar-refractivity contribution in [2.45, 2.75) is 0 Å². The molecule has 3 aromatic rings. The Kier molecular flexibility index (Phi) is 3.54. The molecule has 0 aliphatic rings. The van der Waals surface area contributed by atoms with Gasteiger partial charge in [0.2, 0.25) is 0 Å². The van der Waals surface area contributed by atoms with E-state index in [0.717, 1.165) is 14.6 Å². The Morgan fingerprint density at radius 3 is 2.80 bits per heavy atom. The van der Waals surface area contributed by atoms with Gasteiger partial charge in [0.1, 0.15) is 0 Å². The van der Waals surface area contributed by atoms with Crippen LogP contribution in [0.2, 0.25) is 5.02 Å². The maximum atomic E-state index is 12.7. The Morgan fingerprint density at radius 2 is 2.00 bits per heavy atom. The van der Waals surface area contributed by atoms with Gasteiger partial charge in [0.05, 0.1) is 0 Å². The number of hydrogen-bond donors (Lipinski definition) is 1. The number of anilines is 1. The van der Waals surface area contributed by atoms with Gasteiger partial charge in [0.15, 0.2) is 5.78 Å². The van der Waals surface area contributed by atoms with Crippen LogP contribution in [0.25, 0.3) is 10.1 Å². The molecule has 0 saturated heterocycles. The average Bonchev–Trinajstić information content (AvgIpc) is 2.86. The molecule has 0 saturated carbocycles. The molecule has 0 unspecified atom stereocenters. The molecule has 20 heavy (non-hydrogen) atoms. The van der Waals surface area contributed by atoms with Crippen LogP contribution >= 0.6 is 38.9 Å². The highest BCUT2D eigenvalue weighted by molar-refractivity contribution is 9.10. The van der Waals surface area contributed by atoms with Crippen molar-refractivity contribution in [2.24, 2.45) is 0 Å². The number of thiophene rings is 1. The zero-order valence-electron chi connectivity index (χ0n) is 10.2. The summed E-state index contributed by atoms with van der Waals surface area (Å²) >= 11 is 11.0. The Balaban J connectivity index is 2.18. The fourth-order valence-electron chi connectivity index (χ4n) is 2.07. The van der Waals surface area contributed by atoms with Gasteiger partial charge in [0.25, 0.3) is 0 Å². The molecule has 1 aromatic heterocycles. The first-order valence-electron chi connectivity index (χ1n) is 5.83. The molecule has 2 nitrogen and oxygen atoms in total. The van der Waals surface area contributed by atoms with E-state index in [9.17, 15) is 4.79 Å². The van der Waals surface area contributed by atoms with Gasteiger partial charge in [-0.1, -0.05) is 23.7 Å². The van der Waals surface area contributed by atoms with Crippen molar-refractivity contribution in [1.29, 1.82) is 0 Å². The first-order valence-corrected chi connectivity index (χ1v) is 7.88. The lowest BCUT2D eigenvalue weighted by atomic mass is 10.0. The molecule has 0 bridgehead atoms. The Morgan fingerprint density at radius 1 is 1.20 bits per heavy atom. The molecule has 0 aliphatic heterocycles. The average molecular weight is 367 g/mol. The summed E-state index contributed by atoms with van der Waals surface area (Å²) < 4.78 is 2.04. The van der Waals surface area contributed by atoms with E-state index in [4.69, 9.17) is 17.3 Å². The molecule has 5 heteroatoms. The van der Waals surface area contributed by atoms with E-state index in [2.05, 4.69) is 15.9 Å². The van der Waals surface area contributed by atoms with Gasteiger partial charge in [-0.05, 0) is 40.2 Å². The summed E-state index contributed by atoms with van der Waals surface area (Å²) in [5.41, 5.74) is 7.42. The Bertz CT molecular complexity index is 828. The normalized spacial score (nSPS) is 10.9. The number of carbonyl (C=O) groups is 1. The van der Waals surface area contributed by atoms with Crippen molar-refractivity contribution >= 4 is 60.4 Å². The summed E-state index contributed by atoms with van der Waals surface area (Å²) in [7, 11) is 0. The number of benzene rings is 2. The molecule has 3 rings (SSSR count).